The molecule has 0 saturated heterocycles. The first-order valence-corrected chi connectivity index (χ1v) is 5.06. The molecule has 0 aliphatic rings. The first kappa shape index (κ1) is 10.5. The third-order valence-electron chi connectivity index (χ3n) is 2.45. The minimum Gasteiger partial charge on any atom is -0.460 e. The largest absolute Gasteiger partial charge is 0.460 e. The van der Waals surface area contributed by atoms with E-state index in [0.29, 0.717) is 5.82 Å². The zero-order chi connectivity index (χ0) is 11.8. The number of aromatic nitrogens is 2. The fourth-order valence-corrected chi connectivity index (χ4v) is 1.40. The second-order valence-electron chi connectivity index (χ2n) is 4.29. The van der Waals surface area contributed by atoms with E-state index in [0.717, 1.165) is 17.2 Å². The van der Waals surface area contributed by atoms with Gasteiger partial charge in [0.25, 0.3) is 0 Å². The minimum atomic E-state index is -0.611. The van der Waals surface area contributed by atoms with Gasteiger partial charge in [-0.05, 0) is 32.9 Å². The maximum atomic E-state index is 9.00. The fraction of sp³-hybridized carbons (Fsp3) is 0.333. The molecule has 0 atom stereocenters. The van der Waals surface area contributed by atoms with Gasteiger partial charge in [-0.2, -0.15) is 5.26 Å². The lowest BCUT2D eigenvalue weighted by atomic mass is 9.95. The van der Waals surface area contributed by atoms with E-state index in [2.05, 4.69) is 16.0 Å². The maximum Gasteiger partial charge on any atom is 0.152 e. The highest BCUT2D eigenvalue weighted by Gasteiger charge is 2.23. The van der Waals surface area contributed by atoms with Crippen LogP contribution in [-0.4, -0.2) is 9.97 Å². The molecule has 0 aliphatic heterocycles. The van der Waals surface area contributed by atoms with E-state index in [4.69, 9.17) is 9.68 Å². The molecule has 2 aromatic rings. The van der Waals surface area contributed by atoms with Crippen LogP contribution in [0.5, 0.6) is 0 Å². The van der Waals surface area contributed by atoms with Crippen LogP contribution in [0.2, 0.25) is 0 Å². The lowest BCUT2D eigenvalue weighted by molar-refractivity contribution is 0.546. The molecule has 2 rings (SSSR count). The number of furan rings is 1. The van der Waals surface area contributed by atoms with E-state index < -0.39 is 5.41 Å². The summed E-state index contributed by atoms with van der Waals surface area (Å²) >= 11 is 0. The molecule has 0 unspecified atom stereocenters. The average Bonchev–Trinajstić information content (AvgIpc) is 2.85. The van der Waals surface area contributed by atoms with Crippen LogP contribution in [0.15, 0.2) is 22.7 Å². The molecule has 0 aliphatic carbocycles. The summed E-state index contributed by atoms with van der Waals surface area (Å²) in [7, 11) is 0. The third-order valence-corrected chi connectivity index (χ3v) is 2.45. The molecule has 0 bridgehead atoms. The lowest BCUT2D eigenvalue weighted by Crippen LogP contribution is -2.15. The van der Waals surface area contributed by atoms with E-state index in [9.17, 15) is 0 Å². The highest BCUT2D eigenvalue weighted by molar-refractivity contribution is 5.51. The van der Waals surface area contributed by atoms with Crippen LogP contribution >= 0.6 is 0 Å². The maximum absolute atomic E-state index is 9.00. The van der Waals surface area contributed by atoms with Crippen molar-refractivity contribution in [3.63, 3.8) is 0 Å². The van der Waals surface area contributed by atoms with E-state index in [1.165, 1.54) is 0 Å². The van der Waals surface area contributed by atoms with Gasteiger partial charge in [-0.15, -0.1) is 0 Å². The van der Waals surface area contributed by atoms with Gasteiger partial charge in [0.05, 0.1) is 12.3 Å². The number of hydrogen-bond donors (Lipinski definition) is 1. The number of imidazole rings is 1. The Labute approximate surface area is 93.9 Å². The molecule has 0 saturated carbocycles. The van der Waals surface area contributed by atoms with Crippen LogP contribution in [0.4, 0.5) is 0 Å². The predicted octanol–water partition coefficient (Wildman–Crippen LogP) is 2.78. The zero-order valence-electron chi connectivity index (χ0n) is 9.53. The summed E-state index contributed by atoms with van der Waals surface area (Å²) in [5.74, 6) is 2.25. The molecular formula is C12H13N3O. The number of nitrogens with zero attached hydrogens (tertiary/aromatic N) is 2. The third kappa shape index (κ3) is 1.72. The van der Waals surface area contributed by atoms with E-state index in [1.54, 1.807) is 6.20 Å². The number of aromatic amines is 1. The highest BCUT2D eigenvalue weighted by atomic mass is 16.3. The molecule has 2 heterocycles. The van der Waals surface area contributed by atoms with Gasteiger partial charge < -0.3 is 9.40 Å². The van der Waals surface area contributed by atoms with Crippen molar-refractivity contribution in [3.8, 4) is 17.5 Å². The van der Waals surface area contributed by atoms with Gasteiger partial charge in [-0.3, -0.25) is 0 Å². The van der Waals surface area contributed by atoms with Crippen LogP contribution < -0.4 is 0 Å². The summed E-state index contributed by atoms with van der Waals surface area (Å²) in [6, 6.07) is 5.98. The second-order valence-corrected chi connectivity index (χ2v) is 4.29. The first-order chi connectivity index (χ1) is 7.53. The van der Waals surface area contributed by atoms with Crippen LogP contribution in [0.25, 0.3) is 11.5 Å². The van der Waals surface area contributed by atoms with E-state index in [-0.39, 0.29) is 0 Å². The molecule has 0 radical (unpaired) electrons. The quantitative estimate of drug-likeness (QED) is 0.837. The number of aryl methyl sites for hydroxylation is 1. The minimum absolute atomic E-state index is 0.611. The molecule has 2 aromatic heterocycles. The smallest absolute Gasteiger partial charge is 0.152 e. The van der Waals surface area contributed by atoms with Crippen molar-refractivity contribution in [2.75, 3.05) is 0 Å². The predicted molar refractivity (Wildman–Crippen MR) is 59.7 cm³/mol. The second kappa shape index (κ2) is 3.53. The summed E-state index contributed by atoms with van der Waals surface area (Å²) in [5.41, 5.74) is 0.186. The van der Waals surface area contributed by atoms with Gasteiger partial charge in [0, 0.05) is 0 Å². The zero-order valence-corrected chi connectivity index (χ0v) is 9.53. The standard InChI is InChI=1S/C12H13N3O/c1-8-4-5-10(16-8)9-6-14-11(15-9)12(2,3)7-13/h4-6H,1-3H3,(H,14,15). The van der Waals surface area contributed by atoms with E-state index >= 15 is 0 Å². The molecule has 0 fully saturated rings. The van der Waals surface area contributed by atoms with Crippen LogP contribution in [0.3, 0.4) is 0 Å². The number of nitrogens with one attached hydrogen (secondary N) is 1. The Hall–Kier alpha value is -2.02. The summed E-state index contributed by atoms with van der Waals surface area (Å²) in [4.78, 5) is 7.31. The Morgan fingerprint density at radius 1 is 1.44 bits per heavy atom. The fourth-order valence-electron chi connectivity index (χ4n) is 1.40. The van der Waals surface area contributed by atoms with Gasteiger partial charge in [-0.1, -0.05) is 0 Å². The molecular weight excluding hydrogens is 202 g/mol. The topological polar surface area (TPSA) is 65.6 Å². The van der Waals surface area contributed by atoms with Gasteiger partial charge in [-0.25, -0.2) is 4.98 Å². The van der Waals surface area contributed by atoms with Gasteiger partial charge in [0.1, 0.15) is 22.7 Å². The number of H-pyrrole nitrogens is 1. The molecule has 0 amide bonds. The summed E-state index contributed by atoms with van der Waals surface area (Å²) in [6.07, 6.45) is 1.69. The summed E-state index contributed by atoms with van der Waals surface area (Å²) in [6.45, 7) is 5.53. The monoisotopic (exact) mass is 215 g/mol. The Morgan fingerprint density at radius 3 is 2.75 bits per heavy atom. The van der Waals surface area contributed by atoms with Gasteiger partial charge >= 0.3 is 0 Å². The molecule has 0 spiro atoms. The van der Waals surface area contributed by atoms with Crippen LogP contribution in [0.1, 0.15) is 25.4 Å². The Morgan fingerprint density at radius 2 is 2.19 bits per heavy atom. The van der Waals surface area contributed by atoms with Crippen molar-refractivity contribution >= 4 is 0 Å². The molecule has 16 heavy (non-hydrogen) atoms. The number of rotatable bonds is 2. The van der Waals surface area contributed by atoms with Crippen molar-refractivity contribution in [1.82, 2.24) is 9.97 Å². The summed E-state index contributed by atoms with van der Waals surface area (Å²) < 4.78 is 5.48. The molecule has 1 N–H and O–H groups in total. The van der Waals surface area contributed by atoms with Crippen molar-refractivity contribution < 1.29 is 4.42 Å². The Kier molecular flexibility index (Phi) is 2.31. The van der Waals surface area contributed by atoms with Crippen LogP contribution in [0, 0.1) is 18.3 Å². The van der Waals surface area contributed by atoms with Crippen LogP contribution in [-0.2, 0) is 5.41 Å². The average molecular weight is 215 g/mol. The lowest BCUT2D eigenvalue weighted by Gasteiger charge is -2.10. The molecule has 0 aromatic carbocycles. The number of nitriles is 1. The van der Waals surface area contributed by atoms with Gasteiger partial charge in [0.2, 0.25) is 0 Å². The SMILES string of the molecule is Cc1ccc(-c2cnc(C(C)(C)C#N)[nH]2)o1. The van der Waals surface area contributed by atoms with E-state index in [1.807, 2.05) is 32.9 Å². The van der Waals surface area contributed by atoms with Crippen molar-refractivity contribution in [2.24, 2.45) is 0 Å². The molecule has 4 heteroatoms. The Balaban J connectivity index is 2.38. The molecule has 82 valence electrons. The highest BCUT2D eigenvalue weighted by Crippen LogP contribution is 2.24. The molecule has 4 nitrogen and oxygen atoms in total. The first-order valence-electron chi connectivity index (χ1n) is 5.06. The van der Waals surface area contributed by atoms with Crippen molar-refractivity contribution in [3.05, 3.63) is 29.9 Å². The Bertz CT molecular complexity index is 543. The summed E-state index contributed by atoms with van der Waals surface area (Å²) in [5, 5.41) is 9.00. The number of hydrogen-bond acceptors (Lipinski definition) is 3. The van der Waals surface area contributed by atoms with Gasteiger partial charge in [0.15, 0.2) is 5.76 Å². The van der Waals surface area contributed by atoms with Crippen molar-refractivity contribution in [2.45, 2.75) is 26.2 Å². The van der Waals surface area contributed by atoms with Crippen molar-refractivity contribution in [1.29, 1.82) is 5.26 Å². The normalized spacial score (nSPS) is 11.4.